The fourth-order valence-corrected chi connectivity index (χ4v) is 2.01. The molecule has 0 aliphatic heterocycles. The minimum absolute atomic E-state index is 0.346. The molecule has 0 radical (unpaired) electrons. The van der Waals surface area contributed by atoms with Crippen LogP contribution < -0.4 is 5.73 Å². The van der Waals surface area contributed by atoms with Crippen LogP contribution in [0.1, 0.15) is 20.8 Å². The van der Waals surface area contributed by atoms with Crippen LogP contribution in [0.5, 0.6) is 0 Å². The summed E-state index contributed by atoms with van der Waals surface area (Å²) in [7, 11) is 0. The zero-order valence-electron chi connectivity index (χ0n) is 10.5. The summed E-state index contributed by atoms with van der Waals surface area (Å²) in [5.74, 6) is 0.180. The van der Waals surface area contributed by atoms with E-state index in [0.717, 1.165) is 4.90 Å². The average Bonchev–Trinajstić information content (AvgIpc) is 2.25. The predicted octanol–water partition coefficient (Wildman–Crippen LogP) is 2.45. The fraction of sp³-hybridized carbons (Fsp3) is 0.462. The Hall–Kier alpha value is -1.00. The minimum atomic E-state index is -0.584. The van der Waals surface area contributed by atoms with Crippen LogP contribution >= 0.6 is 11.8 Å². The molecule has 0 aliphatic rings. The first kappa shape index (κ1) is 14.1. The highest BCUT2D eigenvalue weighted by atomic mass is 32.2. The molecule has 4 heteroatoms. The Morgan fingerprint density at radius 3 is 2.47 bits per heavy atom. The second kappa shape index (κ2) is 6.07. The van der Waals surface area contributed by atoms with E-state index in [9.17, 15) is 4.79 Å². The molecule has 0 saturated heterocycles. The van der Waals surface area contributed by atoms with Gasteiger partial charge >= 0.3 is 5.97 Å². The van der Waals surface area contributed by atoms with Crippen LogP contribution in [0.15, 0.2) is 35.2 Å². The molecular weight excluding hydrogens is 234 g/mol. The maximum Gasteiger partial charge on any atom is 0.324 e. The molecule has 1 aromatic carbocycles. The molecule has 0 amide bonds. The van der Waals surface area contributed by atoms with E-state index in [1.165, 1.54) is 0 Å². The van der Waals surface area contributed by atoms with E-state index < -0.39 is 11.6 Å². The Bertz CT molecular complexity index is 359. The molecule has 0 bridgehead atoms. The Morgan fingerprint density at radius 1 is 1.35 bits per heavy atom. The highest BCUT2D eigenvalue weighted by molar-refractivity contribution is 7.99. The van der Waals surface area contributed by atoms with E-state index in [0.29, 0.717) is 5.75 Å². The topological polar surface area (TPSA) is 52.3 Å². The molecule has 1 unspecified atom stereocenters. The number of esters is 1. The summed E-state index contributed by atoms with van der Waals surface area (Å²) in [4.78, 5) is 12.7. The summed E-state index contributed by atoms with van der Waals surface area (Å²) in [6.45, 7) is 5.51. The lowest BCUT2D eigenvalue weighted by molar-refractivity contribution is -0.155. The molecule has 0 aromatic heterocycles. The average molecular weight is 253 g/mol. The van der Waals surface area contributed by atoms with E-state index in [4.69, 9.17) is 10.5 Å². The van der Waals surface area contributed by atoms with Crippen molar-refractivity contribution < 1.29 is 9.53 Å². The highest BCUT2D eigenvalue weighted by Gasteiger charge is 2.21. The second-order valence-corrected chi connectivity index (χ2v) is 5.86. The molecule has 0 saturated carbocycles. The molecule has 0 aliphatic carbocycles. The monoisotopic (exact) mass is 253 g/mol. The zero-order valence-corrected chi connectivity index (χ0v) is 11.3. The van der Waals surface area contributed by atoms with Gasteiger partial charge in [0.2, 0.25) is 0 Å². The number of thioether (sulfide) groups is 1. The van der Waals surface area contributed by atoms with E-state index in [-0.39, 0.29) is 5.97 Å². The summed E-state index contributed by atoms with van der Waals surface area (Å²) in [6.07, 6.45) is 0. The smallest absolute Gasteiger partial charge is 0.324 e. The van der Waals surface area contributed by atoms with E-state index in [1.807, 2.05) is 51.1 Å². The van der Waals surface area contributed by atoms with Gasteiger partial charge in [-0.3, -0.25) is 4.79 Å². The minimum Gasteiger partial charge on any atom is -0.459 e. The van der Waals surface area contributed by atoms with Crippen molar-refractivity contribution in [2.45, 2.75) is 37.3 Å². The van der Waals surface area contributed by atoms with Gasteiger partial charge in [0.1, 0.15) is 11.6 Å². The summed E-state index contributed by atoms with van der Waals surface area (Å²) >= 11 is 1.56. The third kappa shape index (κ3) is 5.75. The van der Waals surface area contributed by atoms with E-state index >= 15 is 0 Å². The molecule has 0 spiro atoms. The van der Waals surface area contributed by atoms with Gasteiger partial charge in [0.25, 0.3) is 0 Å². The van der Waals surface area contributed by atoms with Gasteiger partial charge in [-0.15, -0.1) is 11.8 Å². The maximum absolute atomic E-state index is 11.6. The van der Waals surface area contributed by atoms with Crippen LogP contribution in [-0.4, -0.2) is 23.4 Å². The van der Waals surface area contributed by atoms with Crippen LogP contribution in [0.3, 0.4) is 0 Å². The summed E-state index contributed by atoms with van der Waals surface area (Å²) in [5.41, 5.74) is 5.30. The van der Waals surface area contributed by atoms with Crippen molar-refractivity contribution in [1.29, 1.82) is 0 Å². The van der Waals surface area contributed by atoms with Crippen molar-refractivity contribution in [3.05, 3.63) is 30.3 Å². The van der Waals surface area contributed by atoms with Gasteiger partial charge in [0.15, 0.2) is 0 Å². The number of rotatable bonds is 4. The molecule has 1 atom stereocenters. The second-order valence-electron chi connectivity index (χ2n) is 4.76. The Balaban J connectivity index is 2.40. The standard InChI is InChI=1S/C13H19NO2S/c1-13(2,3)16-12(15)11(14)9-17-10-7-5-4-6-8-10/h4-8,11H,9,14H2,1-3H3. The molecular formula is C13H19NO2S. The lowest BCUT2D eigenvalue weighted by Gasteiger charge is -2.22. The van der Waals surface area contributed by atoms with Crippen molar-refractivity contribution in [3.8, 4) is 0 Å². The number of carbonyl (C=O) groups is 1. The third-order valence-corrected chi connectivity index (χ3v) is 3.01. The van der Waals surface area contributed by atoms with Gasteiger partial charge in [-0.1, -0.05) is 18.2 Å². The van der Waals surface area contributed by atoms with Crippen molar-refractivity contribution in [2.24, 2.45) is 5.73 Å². The third-order valence-electron chi connectivity index (χ3n) is 1.88. The lowest BCUT2D eigenvalue weighted by Crippen LogP contribution is -2.39. The van der Waals surface area contributed by atoms with Crippen LogP contribution in [0.4, 0.5) is 0 Å². The number of carbonyl (C=O) groups excluding carboxylic acids is 1. The maximum atomic E-state index is 11.6. The first-order valence-corrected chi connectivity index (χ1v) is 6.53. The first-order valence-electron chi connectivity index (χ1n) is 5.55. The molecule has 1 rings (SSSR count). The number of benzene rings is 1. The molecule has 17 heavy (non-hydrogen) atoms. The van der Waals surface area contributed by atoms with E-state index in [2.05, 4.69) is 0 Å². The van der Waals surface area contributed by atoms with Gasteiger partial charge in [0.05, 0.1) is 0 Å². The van der Waals surface area contributed by atoms with Crippen molar-refractivity contribution in [1.82, 2.24) is 0 Å². The SMILES string of the molecule is CC(C)(C)OC(=O)C(N)CSc1ccccc1. The quantitative estimate of drug-likeness (QED) is 0.661. The van der Waals surface area contributed by atoms with Crippen LogP contribution in [0, 0.1) is 0 Å². The molecule has 0 fully saturated rings. The number of ether oxygens (including phenoxy) is 1. The number of hydrogen-bond donors (Lipinski definition) is 1. The van der Waals surface area contributed by atoms with Crippen LogP contribution in [0.2, 0.25) is 0 Å². The van der Waals surface area contributed by atoms with Gasteiger partial charge in [0, 0.05) is 10.6 Å². The van der Waals surface area contributed by atoms with Gasteiger partial charge in [-0.25, -0.2) is 0 Å². The highest BCUT2D eigenvalue weighted by Crippen LogP contribution is 2.18. The van der Waals surface area contributed by atoms with Crippen LogP contribution in [0.25, 0.3) is 0 Å². The summed E-state index contributed by atoms with van der Waals surface area (Å²) in [6, 6.07) is 9.28. The van der Waals surface area contributed by atoms with Gasteiger partial charge in [-0.2, -0.15) is 0 Å². The van der Waals surface area contributed by atoms with Gasteiger partial charge < -0.3 is 10.5 Å². The fourth-order valence-electron chi connectivity index (χ4n) is 1.15. The summed E-state index contributed by atoms with van der Waals surface area (Å²) in [5, 5.41) is 0. The molecule has 94 valence electrons. The molecule has 2 N–H and O–H groups in total. The zero-order chi connectivity index (χ0) is 12.9. The Labute approximate surface area is 107 Å². The van der Waals surface area contributed by atoms with Gasteiger partial charge in [-0.05, 0) is 32.9 Å². The Kier molecular flexibility index (Phi) is 5.02. The van der Waals surface area contributed by atoms with E-state index in [1.54, 1.807) is 11.8 Å². The van der Waals surface area contributed by atoms with Crippen molar-refractivity contribution >= 4 is 17.7 Å². The number of nitrogens with two attached hydrogens (primary N) is 1. The lowest BCUT2D eigenvalue weighted by atomic mass is 10.2. The number of hydrogen-bond acceptors (Lipinski definition) is 4. The molecule has 3 nitrogen and oxygen atoms in total. The Morgan fingerprint density at radius 2 is 1.94 bits per heavy atom. The summed E-state index contributed by atoms with van der Waals surface area (Å²) < 4.78 is 5.21. The largest absolute Gasteiger partial charge is 0.459 e. The predicted molar refractivity (Wildman–Crippen MR) is 71.0 cm³/mol. The normalized spacial score (nSPS) is 13.2. The molecule has 1 aromatic rings. The first-order chi connectivity index (χ1) is 7.88. The van der Waals surface area contributed by atoms with Crippen molar-refractivity contribution in [2.75, 3.05) is 5.75 Å². The van der Waals surface area contributed by atoms with Crippen molar-refractivity contribution in [3.63, 3.8) is 0 Å². The van der Waals surface area contributed by atoms with Crippen LogP contribution in [-0.2, 0) is 9.53 Å². The molecule has 0 heterocycles.